The Morgan fingerprint density at radius 1 is 1.18 bits per heavy atom. The van der Waals surface area contributed by atoms with Gasteiger partial charge in [-0.2, -0.15) is 13.2 Å². The minimum Gasteiger partial charge on any atom is -0.494 e. The fourth-order valence-electron chi connectivity index (χ4n) is 3.93. The zero-order chi connectivity index (χ0) is 24.2. The molecule has 11 heteroatoms. The number of anilines is 1. The SMILES string of the molecule is CCOc1ccc(N2C(=O)C3=C(N)c4c(C(F)(F)F)cc(-c5cccs5)nc4S[C@H]3C2=O)cc1. The summed E-state index contributed by atoms with van der Waals surface area (Å²) in [7, 11) is 0. The first-order valence-corrected chi connectivity index (χ1v) is 11.9. The van der Waals surface area contributed by atoms with Gasteiger partial charge in [-0.1, -0.05) is 17.8 Å². The molecule has 0 spiro atoms. The van der Waals surface area contributed by atoms with E-state index in [2.05, 4.69) is 4.98 Å². The van der Waals surface area contributed by atoms with E-state index in [1.807, 2.05) is 6.92 Å². The first kappa shape index (κ1) is 22.5. The number of carbonyl (C=O) groups excluding carboxylic acids is 2. The molecule has 0 unspecified atom stereocenters. The summed E-state index contributed by atoms with van der Waals surface area (Å²) in [6.07, 6.45) is -4.74. The van der Waals surface area contributed by atoms with E-state index < -0.39 is 28.8 Å². The van der Waals surface area contributed by atoms with E-state index in [-0.39, 0.29) is 33.2 Å². The van der Waals surface area contributed by atoms with Gasteiger partial charge in [0, 0.05) is 5.56 Å². The molecule has 2 amide bonds. The number of amides is 2. The van der Waals surface area contributed by atoms with Gasteiger partial charge in [-0.05, 0) is 48.7 Å². The molecule has 4 heterocycles. The standard InChI is InChI=1S/C23H16F3N3O3S2/c1-2-32-12-7-5-11(6-8-12)29-21(30)17-18(27)16-13(23(24,25)26)10-14(15-4-3-9-33-15)28-20(16)34-19(17)22(29)31/h3-10,19H,2,27H2,1H3/t19-/m1/s1. The van der Waals surface area contributed by atoms with Crippen LogP contribution >= 0.6 is 23.1 Å². The van der Waals surface area contributed by atoms with E-state index in [9.17, 15) is 22.8 Å². The number of rotatable bonds is 4. The van der Waals surface area contributed by atoms with Gasteiger partial charge in [-0.3, -0.25) is 9.59 Å². The maximum absolute atomic E-state index is 14.0. The number of ether oxygens (including phenoxy) is 1. The van der Waals surface area contributed by atoms with Gasteiger partial charge in [0.1, 0.15) is 16.0 Å². The predicted molar refractivity (Wildman–Crippen MR) is 123 cm³/mol. The summed E-state index contributed by atoms with van der Waals surface area (Å²) < 4.78 is 47.5. The molecule has 2 aromatic heterocycles. The van der Waals surface area contributed by atoms with Gasteiger partial charge >= 0.3 is 6.18 Å². The molecule has 2 N–H and O–H groups in total. The van der Waals surface area contributed by atoms with E-state index in [0.717, 1.165) is 22.7 Å². The Labute approximate surface area is 200 Å². The van der Waals surface area contributed by atoms with Gasteiger partial charge < -0.3 is 10.5 Å². The highest BCUT2D eigenvalue weighted by Crippen LogP contribution is 2.49. The van der Waals surface area contributed by atoms with Gasteiger partial charge in [0.2, 0.25) is 0 Å². The molecule has 1 aromatic carbocycles. The van der Waals surface area contributed by atoms with Crippen molar-refractivity contribution in [1.82, 2.24) is 4.98 Å². The Morgan fingerprint density at radius 3 is 2.53 bits per heavy atom. The Bertz CT molecular complexity index is 1340. The van der Waals surface area contributed by atoms with Crippen LogP contribution in [0.1, 0.15) is 18.1 Å². The van der Waals surface area contributed by atoms with Crippen LogP contribution in [-0.4, -0.2) is 28.7 Å². The summed E-state index contributed by atoms with van der Waals surface area (Å²) in [5, 5.41) is 0.620. The van der Waals surface area contributed by atoms with Crippen LogP contribution in [0, 0.1) is 0 Å². The number of nitrogens with zero attached hydrogens (tertiary/aromatic N) is 2. The average Bonchev–Trinajstić information content (AvgIpc) is 3.41. The molecule has 5 rings (SSSR count). The van der Waals surface area contributed by atoms with Crippen molar-refractivity contribution in [3.05, 3.63) is 64.5 Å². The molecular formula is C23H16F3N3O3S2. The molecule has 0 radical (unpaired) electrons. The molecule has 34 heavy (non-hydrogen) atoms. The lowest BCUT2D eigenvalue weighted by Gasteiger charge is -2.24. The van der Waals surface area contributed by atoms with Crippen molar-refractivity contribution in [3.8, 4) is 16.3 Å². The van der Waals surface area contributed by atoms with E-state index in [4.69, 9.17) is 10.5 Å². The minimum atomic E-state index is -4.74. The number of hydrogen-bond acceptors (Lipinski definition) is 7. The number of thiophene rings is 1. The minimum absolute atomic E-state index is 0.0285. The van der Waals surface area contributed by atoms with Gasteiger partial charge in [0.25, 0.3) is 11.8 Å². The Kier molecular flexibility index (Phi) is 5.40. The quantitative estimate of drug-likeness (QED) is 0.508. The smallest absolute Gasteiger partial charge is 0.417 e. The number of nitrogens with two attached hydrogens (primary N) is 1. The van der Waals surface area contributed by atoms with E-state index >= 15 is 0 Å². The van der Waals surface area contributed by atoms with E-state index in [1.165, 1.54) is 11.3 Å². The zero-order valence-electron chi connectivity index (χ0n) is 17.6. The highest BCUT2D eigenvalue weighted by atomic mass is 32.2. The number of pyridine rings is 1. The normalized spacial score (nSPS) is 17.8. The fourth-order valence-corrected chi connectivity index (χ4v) is 5.88. The lowest BCUT2D eigenvalue weighted by atomic mass is 10.00. The van der Waals surface area contributed by atoms with Crippen LogP contribution in [0.5, 0.6) is 5.75 Å². The van der Waals surface area contributed by atoms with Gasteiger partial charge in [0.05, 0.1) is 39.7 Å². The highest BCUT2D eigenvalue weighted by Gasteiger charge is 2.51. The van der Waals surface area contributed by atoms with Crippen molar-refractivity contribution in [2.45, 2.75) is 23.4 Å². The topological polar surface area (TPSA) is 85.5 Å². The predicted octanol–water partition coefficient (Wildman–Crippen LogP) is 4.95. The number of alkyl halides is 3. The lowest BCUT2D eigenvalue weighted by molar-refractivity contribution is -0.138. The number of hydrogen-bond donors (Lipinski definition) is 1. The Morgan fingerprint density at radius 2 is 1.91 bits per heavy atom. The molecule has 1 fully saturated rings. The van der Waals surface area contributed by atoms with Crippen LogP contribution in [0.3, 0.4) is 0 Å². The average molecular weight is 504 g/mol. The molecule has 3 aromatic rings. The molecule has 1 saturated heterocycles. The Hall–Kier alpha value is -3.31. The molecule has 2 aliphatic rings. The van der Waals surface area contributed by atoms with E-state index in [1.54, 1.807) is 41.8 Å². The number of carbonyl (C=O) groups is 2. The van der Waals surface area contributed by atoms with Crippen molar-refractivity contribution in [2.24, 2.45) is 5.73 Å². The highest BCUT2D eigenvalue weighted by molar-refractivity contribution is 8.01. The van der Waals surface area contributed by atoms with Gasteiger partial charge in [-0.15, -0.1) is 11.3 Å². The molecule has 6 nitrogen and oxygen atoms in total. The molecular weight excluding hydrogens is 487 g/mol. The number of fused-ring (bicyclic) bond motifs is 2. The molecule has 0 bridgehead atoms. The summed E-state index contributed by atoms with van der Waals surface area (Å²) in [6, 6.07) is 10.6. The van der Waals surface area contributed by atoms with Gasteiger partial charge in [0.15, 0.2) is 0 Å². The first-order valence-electron chi connectivity index (χ1n) is 10.1. The largest absolute Gasteiger partial charge is 0.494 e. The number of thioether (sulfide) groups is 1. The van der Waals surface area contributed by atoms with Crippen molar-refractivity contribution in [1.29, 1.82) is 0 Å². The molecule has 1 atom stereocenters. The zero-order valence-corrected chi connectivity index (χ0v) is 19.2. The summed E-state index contributed by atoms with van der Waals surface area (Å²) in [4.78, 5) is 32.3. The second-order valence-corrected chi connectivity index (χ2v) is 9.48. The molecule has 174 valence electrons. The molecule has 0 aliphatic carbocycles. The summed E-state index contributed by atoms with van der Waals surface area (Å²) in [6.45, 7) is 2.27. The van der Waals surface area contributed by atoms with Crippen molar-refractivity contribution in [2.75, 3.05) is 11.5 Å². The third-order valence-electron chi connectivity index (χ3n) is 5.40. The van der Waals surface area contributed by atoms with Crippen LogP contribution in [0.4, 0.5) is 18.9 Å². The monoisotopic (exact) mass is 503 g/mol. The van der Waals surface area contributed by atoms with Gasteiger partial charge in [-0.25, -0.2) is 9.88 Å². The van der Waals surface area contributed by atoms with Crippen LogP contribution in [0.25, 0.3) is 16.3 Å². The molecule has 0 saturated carbocycles. The summed E-state index contributed by atoms with van der Waals surface area (Å²) >= 11 is 2.06. The van der Waals surface area contributed by atoms with Crippen LogP contribution in [0.15, 0.2) is 58.4 Å². The van der Waals surface area contributed by atoms with Crippen molar-refractivity contribution >= 4 is 46.3 Å². The van der Waals surface area contributed by atoms with Crippen LogP contribution in [-0.2, 0) is 15.8 Å². The first-order chi connectivity index (χ1) is 16.2. The summed E-state index contributed by atoms with van der Waals surface area (Å²) in [5.74, 6) is -0.770. The lowest BCUT2D eigenvalue weighted by Crippen LogP contribution is -2.31. The van der Waals surface area contributed by atoms with Crippen molar-refractivity contribution in [3.63, 3.8) is 0 Å². The van der Waals surface area contributed by atoms with Crippen molar-refractivity contribution < 1.29 is 27.5 Å². The van der Waals surface area contributed by atoms with E-state index in [0.29, 0.717) is 17.2 Å². The number of imide groups is 1. The number of aromatic nitrogens is 1. The summed E-state index contributed by atoms with van der Waals surface area (Å²) in [5.41, 5.74) is 4.69. The maximum atomic E-state index is 14.0. The third kappa shape index (κ3) is 3.55. The second-order valence-electron chi connectivity index (χ2n) is 7.44. The van der Waals surface area contributed by atoms with Crippen LogP contribution in [0.2, 0.25) is 0 Å². The Balaban J connectivity index is 1.62. The van der Waals surface area contributed by atoms with Crippen LogP contribution < -0.4 is 15.4 Å². The molecule has 2 aliphatic heterocycles. The number of halogens is 3. The second kappa shape index (κ2) is 8.17. The third-order valence-corrected chi connectivity index (χ3v) is 7.48. The number of benzene rings is 1. The fraction of sp³-hybridized carbons (Fsp3) is 0.174. The maximum Gasteiger partial charge on any atom is 0.417 e.